The van der Waals surface area contributed by atoms with Gasteiger partial charge in [0.15, 0.2) is 16.6 Å². The van der Waals surface area contributed by atoms with Crippen LogP contribution in [0.5, 0.6) is 0 Å². The first-order valence-corrected chi connectivity index (χ1v) is 10.2. The topological polar surface area (TPSA) is 58.5 Å². The number of aliphatic hydroxyl groups excluding tert-OH is 1. The average molecular weight is 417 g/mol. The molecule has 1 saturated heterocycles. The quantitative estimate of drug-likeness (QED) is 0.688. The van der Waals surface area contributed by atoms with Crippen LogP contribution in [0.3, 0.4) is 0 Å². The Hall–Kier alpha value is -2.42. The predicted molar refractivity (Wildman–Crippen MR) is 109 cm³/mol. The molecule has 2 aromatic carbocycles. The number of hydrogen-bond acceptors (Lipinski definition) is 6. The Balaban J connectivity index is 1.75. The monoisotopic (exact) mass is 417 g/mol. The molecular weight excluding hydrogens is 396 g/mol. The number of hydrogen-bond donors (Lipinski definition) is 1. The van der Waals surface area contributed by atoms with Crippen LogP contribution in [0.4, 0.5) is 14.5 Å². The molecule has 0 saturated carbocycles. The summed E-state index contributed by atoms with van der Waals surface area (Å²) in [6.07, 6.45) is -0.243. The van der Waals surface area contributed by atoms with Crippen LogP contribution >= 0.6 is 11.3 Å². The standard InChI is InChI=1S/C21H21F2N3O2S/c1-12-9-26(10-13(2)28-12)19-15(11-27)8-16(17(22)18(19)23)21-25-24-20(29-21)14-6-4-3-5-7-14/h3-8,12-13,27H,9-11H2,1-2H3. The van der Waals surface area contributed by atoms with Crippen LogP contribution in [0, 0.1) is 11.6 Å². The third-order valence-electron chi connectivity index (χ3n) is 4.84. The normalized spacial score (nSPS) is 19.6. The van der Waals surface area contributed by atoms with Crippen molar-refractivity contribution in [2.24, 2.45) is 0 Å². The Morgan fingerprint density at radius 2 is 1.72 bits per heavy atom. The lowest BCUT2D eigenvalue weighted by Gasteiger charge is -2.38. The summed E-state index contributed by atoms with van der Waals surface area (Å²) in [5, 5.41) is 18.9. The molecule has 1 aromatic heterocycles. The maximum Gasteiger partial charge on any atom is 0.183 e. The van der Waals surface area contributed by atoms with Crippen molar-refractivity contribution in [1.82, 2.24) is 10.2 Å². The van der Waals surface area contributed by atoms with Crippen molar-refractivity contribution < 1.29 is 18.6 Å². The average Bonchev–Trinajstić information content (AvgIpc) is 3.19. The molecule has 4 rings (SSSR count). The molecule has 2 heterocycles. The van der Waals surface area contributed by atoms with Crippen LogP contribution in [0.1, 0.15) is 19.4 Å². The molecule has 8 heteroatoms. The molecule has 1 aliphatic rings. The summed E-state index contributed by atoms with van der Waals surface area (Å²) in [6.45, 7) is 4.20. The summed E-state index contributed by atoms with van der Waals surface area (Å²) in [6, 6.07) is 10.9. The van der Waals surface area contributed by atoms with Crippen LogP contribution in [0.15, 0.2) is 36.4 Å². The van der Waals surface area contributed by atoms with E-state index in [0.29, 0.717) is 23.7 Å². The lowest BCUT2D eigenvalue weighted by molar-refractivity contribution is -0.00553. The minimum absolute atomic E-state index is 0.00402. The smallest absolute Gasteiger partial charge is 0.183 e. The predicted octanol–water partition coefficient (Wildman–Crippen LogP) is 4.26. The third kappa shape index (κ3) is 3.88. The van der Waals surface area contributed by atoms with E-state index in [1.54, 1.807) is 4.90 Å². The number of benzene rings is 2. The SMILES string of the molecule is CC1CN(c2c(CO)cc(-c3nnc(-c4ccccc4)s3)c(F)c2F)CC(C)O1. The number of anilines is 1. The number of aliphatic hydroxyl groups is 1. The van der Waals surface area contributed by atoms with E-state index in [2.05, 4.69) is 10.2 Å². The molecule has 1 fully saturated rings. The van der Waals surface area contributed by atoms with E-state index in [0.717, 1.165) is 5.56 Å². The van der Waals surface area contributed by atoms with Gasteiger partial charge in [-0.2, -0.15) is 0 Å². The summed E-state index contributed by atoms with van der Waals surface area (Å²) in [7, 11) is 0. The van der Waals surface area contributed by atoms with E-state index < -0.39 is 18.2 Å². The van der Waals surface area contributed by atoms with Gasteiger partial charge >= 0.3 is 0 Å². The molecule has 0 aliphatic carbocycles. The Morgan fingerprint density at radius 1 is 1.07 bits per heavy atom. The number of morpholine rings is 1. The molecule has 1 N–H and O–H groups in total. The van der Waals surface area contributed by atoms with E-state index in [9.17, 15) is 5.11 Å². The highest BCUT2D eigenvalue weighted by atomic mass is 32.1. The third-order valence-corrected chi connectivity index (χ3v) is 5.85. The molecule has 1 aliphatic heterocycles. The van der Waals surface area contributed by atoms with E-state index in [1.165, 1.54) is 17.4 Å². The van der Waals surface area contributed by atoms with Crippen LogP contribution in [0.2, 0.25) is 0 Å². The van der Waals surface area contributed by atoms with Gasteiger partial charge in [0.25, 0.3) is 0 Å². The van der Waals surface area contributed by atoms with Crippen LogP contribution in [0.25, 0.3) is 21.1 Å². The summed E-state index contributed by atoms with van der Waals surface area (Å²) < 4.78 is 35.9. The minimum Gasteiger partial charge on any atom is -0.392 e. The highest BCUT2D eigenvalue weighted by molar-refractivity contribution is 7.17. The Morgan fingerprint density at radius 3 is 2.38 bits per heavy atom. The molecular formula is C21H21F2N3O2S. The van der Waals surface area contributed by atoms with Gasteiger partial charge in [-0.05, 0) is 19.9 Å². The first-order valence-electron chi connectivity index (χ1n) is 9.39. The van der Waals surface area contributed by atoms with Gasteiger partial charge in [0, 0.05) is 24.2 Å². The summed E-state index contributed by atoms with van der Waals surface area (Å²) in [4.78, 5) is 1.74. The van der Waals surface area contributed by atoms with Crippen molar-refractivity contribution in [1.29, 1.82) is 0 Å². The maximum atomic E-state index is 15.2. The zero-order valence-electron chi connectivity index (χ0n) is 16.1. The van der Waals surface area contributed by atoms with Gasteiger partial charge in [-0.1, -0.05) is 41.7 Å². The zero-order valence-corrected chi connectivity index (χ0v) is 16.9. The number of rotatable bonds is 4. The summed E-state index contributed by atoms with van der Waals surface area (Å²) in [5.74, 6) is -1.97. The van der Waals surface area contributed by atoms with Crippen molar-refractivity contribution in [2.75, 3.05) is 18.0 Å². The van der Waals surface area contributed by atoms with Gasteiger partial charge in [0.1, 0.15) is 5.01 Å². The van der Waals surface area contributed by atoms with E-state index in [4.69, 9.17) is 4.74 Å². The first kappa shape index (κ1) is 19.9. The molecule has 2 atom stereocenters. The van der Waals surface area contributed by atoms with Gasteiger partial charge in [0.2, 0.25) is 0 Å². The lowest BCUT2D eigenvalue weighted by atomic mass is 10.0. The van der Waals surface area contributed by atoms with Crippen molar-refractivity contribution in [3.05, 3.63) is 53.6 Å². The minimum atomic E-state index is -0.986. The number of nitrogens with zero attached hydrogens (tertiary/aromatic N) is 3. The molecule has 29 heavy (non-hydrogen) atoms. The fourth-order valence-corrected chi connectivity index (χ4v) is 4.54. The second-order valence-corrected chi connectivity index (χ2v) is 8.14. The number of aromatic nitrogens is 2. The first-order chi connectivity index (χ1) is 14.0. The highest BCUT2D eigenvalue weighted by Crippen LogP contribution is 2.37. The second kappa shape index (κ2) is 8.14. The van der Waals surface area contributed by atoms with E-state index in [1.807, 2.05) is 44.2 Å². The number of ether oxygens (including phenoxy) is 1. The molecule has 5 nitrogen and oxygen atoms in total. The Kier molecular flexibility index (Phi) is 5.58. The molecule has 0 amide bonds. The van der Waals surface area contributed by atoms with Gasteiger partial charge in [-0.3, -0.25) is 0 Å². The van der Waals surface area contributed by atoms with Gasteiger partial charge in [0.05, 0.1) is 30.1 Å². The largest absolute Gasteiger partial charge is 0.392 e. The zero-order chi connectivity index (χ0) is 20.5. The fraction of sp³-hybridized carbons (Fsp3) is 0.333. The maximum absolute atomic E-state index is 15.2. The van der Waals surface area contributed by atoms with E-state index >= 15 is 8.78 Å². The Labute approximate surface area is 171 Å². The van der Waals surface area contributed by atoms with Gasteiger partial charge in [-0.25, -0.2) is 8.78 Å². The van der Waals surface area contributed by atoms with Crippen molar-refractivity contribution >= 4 is 17.0 Å². The van der Waals surface area contributed by atoms with Gasteiger partial charge < -0.3 is 14.7 Å². The van der Waals surface area contributed by atoms with Crippen molar-refractivity contribution in [3.8, 4) is 21.1 Å². The van der Waals surface area contributed by atoms with Crippen molar-refractivity contribution in [3.63, 3.8) is 0 Å². The highest BCUT2D eigenvalue weighted by Gasteiger charge is 2.29. The van der Waals surface area contributed by atoms with Crippen LogP contribution in [-0.2, 0) is 11.3 Å². The fourth-order valence-electron chi connectivity index (χ4n) is 3.68. The lowest BCUT2D eigenvalue weighted by Crippen LogP contribution is -2.46. The van der Waals surface area contributed by atoms with E-state index in [-0.39, 0.29) is 28.5 Å². The molecule has 2 unspecified atom stereocenters. The van der Waals surface area contributed by atoms with Crippen LogP contribution < -0.4 is 4.90 Å². The van der Waals surface area contributed by atoms with Crippen LogP contribution in [-0.4, -0.2) is 40.6 Å². The molecule has 152 valence electrons. The number of halogens is 2. The summed E-state index contributed by atoms with van der Waals surface area (Å²) >= 11 is 1.18. The molecule has 0 bridgehead atoms. The van der Waals surface area contributed by atoms with Crippen molar-refractivity contribution in [2.45, 2.75) is 32.7 Å². The van der Waals surface area contributed by atoms with Gasteiger partial charge in [-0.15, -0.1) is 10.2 Å². The second-order valence-electron chi connectivity index (χ2n) is 7.16. The molecule has 0 radical (unpaired) electrons. The molecule has 3 aromatic rings. The summed E-state index contributed by atoms with van der Waals surface area (Å²) in [5.41, 5.74) is 1.26. The Bertz CT molecular complexity index is 1000. The molecule has 0 spiro atoms.